The van der Waals surface area contributed by atoms with E-state index in [4.69, 9.17) is 16.3 Å². The largest absolute Gasteiger partial charge is 0.487 e. The fourth-order valence-electron chi connectivity index (χ4n) is 2.55. The highest BCUT2D eigenvalue weighted by Crippen LogP contribution is 2.24. The minimum Gasteiger partial charge on any atom is -0.487 e. The van der Waals surface area contributed by atoms with Crippen molar-refractivity contribution in [3.8, 4) is 5.75 Å². The standard InChI is InChI=1S/C20H18ClN3O4/c1-24-11-16(18(23-24)20(26)27-2)22-19(25)14-7-5-6-13(10-14)12-28-17-9-4-3-8-15(17)21/h3-11H,12H2,1-2H3,(H,22,25). The van der Waals surface area contributed by atoms with Crippen molar-refractivity contribution in [2.75, 3.05) is 12.4 Å². The Hall–Kier alpha value is -3.32. The molecule has 8 heteroatoms. The summed E-state index contributed by atoms with van der Waals surface area (Å²) in [4.78, 5) is 24.4. The monoisotopic (exact) mass is 399 g/mol. The summed E-state index contributed by atoms with van der Waals surface area (Å²) in [6.45, 7) is 0.255. The number of ether oxygens (including phenoxy) is 2. The number of amides is 1. The van der Waals surface area contributed by atoms with Crippen molar-refractivity contribution >= 4 is 29.2 Å². The molecule has 0 aliphatic heterocycles. The molecule has 0 unspecified atom stereocenters. The molecule has 28 heavy (non-hydrogen) atoms. The molecule has 3 rings (SSSR count). The van der Waals surface area contributed by atoms with E-state index in [1.54, 1.807) is 37.4 Å². The smallest absolute Gasteiger partial charge is 0.360 e. The highest BCUT2D eigenvalue weighted by atomic mass is 35.5. The number of halogens is 1. The second kappa shape index (κ2) is 8.58. The van der Waals surface area contributed by atoms with Crippen LogP contribution in [0.3, 0.4) is 0 Å². The lowest BCUT2D eigenvalue weighted by Crippen LogP contribution is -2.15. The predicted molar refractivity (Wildman–Crippen MR) is 105 cm³/mol. The van der Waals surface area contributed by atoms with Crippen LogP contribution >= 0.6 is 11.6 Å². The van der Waals surface area contributed by atoms with Gasteiger partial charge in [-0.25, -0.2) is 4.79 Å². The maximum Gasteiger partial charge on any atom is 0.360 e. The molecule has 0 atom stereocenters. The van der Waals surface area contributed by atoms with Gasteiger partial charge in [0.25, 0.3) is 5.91 Å². The van der Waals surface area contributed by atoms with Crippen LogP contribution in [0.4, 0.5) is 5.69 Å². The van der Waals surface area contributed by atoms with Crippen molar-refractivity contribution in [2.24, 2.45) is 7.05 Å². The molecule has 1 amide bonds. The molecule has 1 N–H and O–H groups in total. The third-order valence-corrected chi connectivity index (χ3v) is 4.19. The van der Waals surface area contributed by atoms with E-state index in [1.165, 1.54) is 18.0 Å². The molecule has 7 nitrogen and oxygen atoms in total. The van der Waals surface area contributed by atoms with E-state index in [2.05, 4.69) is 15.2 Å². The van der Waals surface area contributed by atoms with Crippen LogP contribution in [0.15, 0.2) is 54.7 Å². The SMILES string of the molecule is COC(=O)c1nn(C)cc1NC(=O)c1cccc(COc2ccccc2Cl)c1. The molecule has 0 bridgehead atoms. The minimum absolute atomic E-state index is 0.0385. The fourth-order valence-corrected chi connectivity index (χ4v) is 2.74. The van der Waals surface area contributed by atoms with Crippen molar-refractivity contribution in [2.45, 2.75) is 6.61 Å². The number of nitrogens with one attached hydrogen (secondary N) is 1. The summed E-state index contributed by atoms with van der Waals surface area (Å²) in [5.41, 5.74) is 1.53. The number of aromatic nitrogens is 2. The van der Waals surface area contributed by atoms with Gasteiger partial charge in [-0.05, 0) is 29.8 Å². The number of rotatable bonds is 6. The molecule has 3 aromatic rings. The number of esters is 1. The number of benzene rings is 2. The number of anilines is 1. The Labute approximate surface area is 166 Å². The highest BCUT2D eigenvalue weighted by Gasteiger charge is 2.19. The molecule has 0 aliphatic carbocycles. The number of methoxy groups -OCH3 is 1. The van der Waals surface area contributed by atoms with E-state index in [-0.39, 0.29) is 23.9 Å². The maximum absolute atomic E-state index is 12.6. The number of carbonyl (C=O) groups excluding carboxylic acids is 2. The van der Waals surface area contributed by atoms with Crippen molar-refractivity contribution in [1.82, 2.24) is 9.78 Å². The Morgan fingerprint density at radius 2 is 1.96 bits per heavy atom. The first-order valence-electron chi connectivity index (χ1n) is 8.37. The number of aryl methyl sites for hydroxylation is 1. The molecule has 0 spiro atoms. The average molecular weight is 400 g/mol. The highest BCUT2D eigenvalue weighted by molar-refractivity contribution is 6.32. The van der Waals surface area contributed by atoms with E-state index < -0.39 is 5.97 Å². The van der Waals surface area contributed by atoms with E-state index >= 15 is 0 Å². The van der Waals surface area contributed by atoms with E-state index in [0.717, 1.165) is 5.56 Å². The second-order valence-electron chi connectivity index (χ2n) is 5.93. The van der Waals surface area contributed by atoms with Gasteiger partial charge in [0, 0.05) is 18.8 Å². The van der Waals surface area contributed by atoms with Gasteiger partial charge in [0.15, 0.2) is 5.69 Å². The fraction of sp³-hybridized carbons (Fsp3) is 0.150. The number of para-hydroxylation sites is 1. The zero-order valence-corrected chi connectivity index (χ0v) is 16.1. The number of hydrogen-bond acceptors (Lipinski definition) is 5. The lowest BCUT2D eigenvalue weighted by Gasteiger charge is -2.09. The van der Waals surface area contributed by atoms with Crippen LogP contribution in [0.5, 0.6) is 5.75 Å². The molecule has 2 aromatic carbocycles. The van der Waals surface area contributed by atoms with Gasteiger partial charge in [-0.15, -0.1) is 0 Å². The normalized spacial score (nSPS) is 10.4. The summed E-state index contributed by atoms with van der Waals surface area (Å²) in [7, 11) is 2.90. The van der Waals surface area contributed by atoms with E-state index in [0.29, 0.717) is 16.3 Å². The topological polar surface area (TPSA) is 82.5 Å². The van der Waals surface area contributed by atoms with Gasteiger partial charge in [-0.1, -0.05) is 35.9 Å². The minimum atomic E-state index is -0.627. The van der Waals surface area contributed by atoms with Crippen LogP contribution in [0.2, 0.25) is 5.02 Å². The molecular formula is C20H18ClN3O4. The first kappa shape index (κ1) is 19.4. The zero-order valence-electron chi connectivity index (χ0n) is 15.3. The van der Waals surface area contributed by atoms with Crippen molar-refractivity contribution in [1.29, 1.82) is 0 Å². The van der Waals surface area contributed by atoms with E-state index in [9.17, 15) is 9.59 Å². The van der Waals surface area contributed by atoms with Gasteiger partial charge in [-0.3, -0.25) is 9.48 Å². The van der Waals surface area contributed by atoms with Crippen LogP contribution in [0.25, 0.3) is 0 Å². The molecule has 0 aliphatic rings. The molecule has 144 valence electrons. The van der Waals surface area contributed by atoms with Crippen molar-refractivity contribution < 1.29 is 19.1 Å². The van der Waals surface area contributed by atoms with Gasteiger partial charge in [0.2, 0.25) is 0 Å². The Balaban J connectivity index is 1.72. The van der Waals surface area contributed by atoms with Crippen LogP contribution in [0.1, 0.15) is 26.4 Å². The summed E-state index contributed by atoms with van der Waals surface area (Å²) in [5.74, 6) is -0.437. The second-order valence-corrected chi connectivity index (χ2v) is 6.34. The molecule has 1 heterocycles. The van der Waals surface area contributed by atoms with Crippen LogP contribution < -0.4 is 10.1 Å². The van der Waals surface area contributed by atoms with Gasteiger partial charge >= 0.3 is 5.97 Å². The summed E-state index contributed by atoms with van der Waals surface area (Å²) in [5, 5.41) is 7.22. The van der Waals surface area contributed by atoms with Gasteiger partial charge in [0.1, 0.15) is 12.4 Å². The summed E-state index contributed by atoms with van der Waals surface area (Å²) >= 11 is 6.08. The molecule has 0 radical (unpaired) electrons. The third kappa shape index (κ3) is 4.50. The van der Waals surface area contributed by atoms with Gasteiger partial charge in [-0.2, -0.15) is 5.10 Å². The molecule has 0 saturated carbocycles. The molecule has 0 fully saturated rings. The predicted octanol–water partition coefficient (Wildman–Crippen LogP) is 3.69. The van der Waals surface area contributed by atoms with Crippen molar-refractivity contribution in [3.63, 3.8) is 0 Å². The first-order valence-corrected chi connectivity index (χ1v) is 8.75. The Kier molecular flexibility index (Phi) is 5.96. The van der Waals surface area contributed by atoms with Crippen LogP contribution in [0, 0.1) is 0 Å². The number of carbonyl (C=O) groups is 2. The summed E-state index contributed by atoms with van der Waals surface area (Å²) in [6.07, 6.45) is 1.54. The van der Waals surface area contributed by atoms with Crippen LogP contribution in [-0.4, -0.2) is 28.8 Å². The van der Waals surface area contributed by atoms with Crippen molar-refractivity contribution in [3.05, 3.63) is 76.6 Å². The van der Waals surface area contributed by atoms with E-state index in [1.807, 2.05) is 18.2 Å². The summed E-state index contributed by atoms with van der Waals surface area (Å²) < 4.78 is 11.8. The third-order valence-electron chi connectivity index (χ3n) is 3.88. The lowest BCUT2D eigenvalue weighted by atomic mass is 10.1. The lowest BCUT2D eigenvalue weighted by molar-refractivity contribution is 0.0594. The Morgan fingerprint density at radius 3 is 2.71 bits per heavy atom. The molecule has 1 aromatic heterocycles. The van der Waals surface area contributed by atoms with Gasteiger partial charge < -0.3 is 14.8 Å². The average Bonchev–Trinajstić information content (AvgIpc) is 3.07. The number of hydrogen-bond donors (Lipinski definition) is 1. The quantitative estimate of drug-likeness (QED) is 0.639. The summed E-state index contributed by atoms with van der Waals surface area (Å²) in [6, 6.07) is 14.1. The van der Waals surface area contributed by atoms with Gasteiger partial charge in [0.05, 0.1) is 17.8 Å². The Morgan fingerprint density at radius 1 is 1.18 bits per heavy atom. The molecule has 0 saturated heterocycles. The Bertz CT molecular complexity index is 1020. The number of nitrogens with zero attached hydrogens (tertiary/aromatic N) is 2. The van der Waals surface area contributed by atoms with Crippen LogP contribution in [-0.2, 0) is 18.4 Å². The first-order chi connectivity index (χ1) is 13.5. The zero-order chi connectivity index (χ0) is 20.1. The maximum atomic E-state index is 12.6. The molecular weight excluding hydrogens is 382 g/mol.